The summed E-state index contributed by atoms with van der Waals surface area (Å²) < 4.78 is 0. The van der Waals surface area contributed by atoms with Crippen molar-refractivity contribution in [3.63, 3.8) is 0 Å². The Morgan fingerprint density at radius 2 is 1.04 bits per heavy atom. The van der Waals surface area contributed by atoms with Crippen LogP contribution in [0.3, 0.4) is 0 Å². The number of hydrogen-bond acceptors (Lipinski definition) is 3. The van der Waals surface area contributed by atoms with E-state index in [-0.39, 0.29) is 16.9 Å². The van der Waals surface area contributed by atoms with Crippen LogP contribution in [0.4, 0.5) is 0 Å². The molecule has 0 aliphatic heterocycles. The molecule has 0 bridgehead atoms. The summed E-state index contributed by atoms with van der Waals surface area (Å²) in [4.78, 5) is 0. The zero-order valence-corrected chi connectivity index (χ0v) is 16.2. The van der Waals surface area contributed by atoms with Gasteiger partial charge in [0.25, 0.3) is 0 Å². The Balaban J connectivity index is 2.16. The molecule has 0 radical (unpaired) electrons. The monoisotopic (exact) mass is 362 g/mol. The van der Waals surface area contributed by atoms with Crippen LogP contribution in [0, 0.1) is 20.8 Å². The van der Waals surface area contributed by atoms with Gasteiger partial charge < -0.3 is 15.3 Å². The van der Waals surface area contributed by atoms with Crippen LogP contribution in [-0.2, 0) is 11.8 Å². The van der Waals surface area contributed by atoms with Crippen LogP contribution in [-0.4, -0.2) is 15.3 Å². The first kappa shape index (κ1) is 18.8. The van der Waals surface area contributed by atoms with E-state index in [1.165, 1.54) is 0 Å². The molecule has 27 heavy (non-hydrogen) atoms. The molecule has 3 heteroatoms. The van der Waals surface area contributed by atoms with Gasteiger partial charge >= 0.3 is 0 Å². The van der Waals surface area contributed by atoms with Crippen molar-refractivity contribution in [2.45, 2.75) is 39.5 Å². The molecule has 0 spiro atoms. The van der Waals surface area contributed by atoms with E-state index in [0.29, 0.717) is 5.75 Å². The minimum Gasteiger partial charge on any atom is -0.508 e. The predicted octanol–water partition coefficient (Wildman–Crippen LogP) is 5.28. The summed E-state index contributed by atoms with van der Waals surface area (Å²) in [5.41, 5.74) is 5.44. The number of aromatic hydroxyl groups is 3. The lowest BCUT2D eigenvalue weighted by Gasteiger charge is -2.32. The van der Waals surface area contributed by atoms with E-state index < -0.39 is 0 Å². The summed E-state index contributed by atoms with van der Waals surface area (Å²) in [5.74, 6) is 0.855. The molecular formula is C24H26O3. The first-order valence-corrected chi connectivity index (χ1v) is 9.09. The molecule has 0 heterocycles. The Morgan fingerprint density at radius 1 is 0.630 bits per heavy atom. The molecule has 3 aromatic carbocycles. The minimum absolute atomic E-state index is 0.281. The van der Waals surface area contributed by atoms with Crippen molar-refractivity contribution >= 4 is 0 Å². The standard InChI is InChI=1S/C24H26O3/c1-15-11-18(5-8-21(15)25)14-24(4,19-6-9-22(26)16(2)12-19)20-7-10-23(27)17(3)13-20/h5-13,25-27H,14H2,1-4H3. The lowest BCUT2D eigenvalue weighted by atomic mass is 9.71. The van der Waals surface area contributed by atoms with Crippen LogP contribution >= 0.6 is 0 Å². The molecule has 3 aromatic rings. The molecule has 0 amide bonds. The number of hydrogen-bond donors (Lipinski definition) is 3. The van der Waals surface area contributed by atoms with Gasteiger partial charge in [0, 0.05) is 5.41 Å². The van der Waals surface area contributed by atoms with Crippen LogP contribution in [0.1, 0.15) is 40.3 Å². The average molecular weight is 362 g/mol. The Labute approximate surface area is 160 Å². The number of phenolic OH excluding ortho intramolecular Hbond substituents is 3. The van der Waals surface area contributed by atoms with Crippen LogP contribution in [0.15, 0.2) is 54.6 Å². The van der Waals surface area contributed by atoms with Gasteiger partial charge in [-0.2, -0.15) is 0 Å². The summed E-state index contributed by atoms with van der Waals surface area (Å²) in [7, 11) is 0. The van der Waals surface area contributed by atoms with Crippen LogP contribution in [0.25, 0.3) is 0 Å². The molecule has 140 valence electrons. The van der Waals surface area contributed by atoms with Gasteiger partial charge in [0.05, 0.1) is 0 Å². The van der Waals surface area contributed by atoms with Gasteiger partial charge in [-0.3, -0.25) is 0 Å². The third-order valence-corrected chi connectivity index (χ3v) is 5.49. The summed E-state index contributed by atoms with van der Waals surface area (Å²) in [6.07, 6.45) is 0.725. The smallest absolute Gasteiger partial charge is 0.118 e. The minimum atomic E-state index is -0.361. The predicted molar refractivity (Wildman–Crippen MR) is 109 cm³/mol. The van der Waals surface area contributed by atoms with Crippen molar-refractivity contribution in [1.29, 1.82) is 0 Å². The molecule has 0 aliphatic carbocycles. The maximum Gasteiger partial charge on any atom is 0.118 e. The highest BCUT2D eigenvalue weighted by Gasteiger charge is 2.30. The molecule has 0 saturated carbocycles. The normalized spacial score (nSPS) is 11.6. The van der Waals surface area contributed by atoms with Crippen LogP contribution in [0.2, 0.25) is 0 Å². The second kappa shape index (κ2) is 6.99. The molecule has 0 aromatic heterocycles. The van der Waals surface area contributed by atoms with E-state index in [9.17, 15) is 15.3 Å². The summed E-state index contributed by atoms with van der Waals surface area (Å²) in [6.45, 7) is 7.86. The second-order valence-corrected chi connectivity index (χ2v) is 7.63. The maximum absolute atomic E-state index is 9.96. The Hall–Kier alpha value is -2.94. The van der Waals surface area contributed by atoms with E-state index in [0.717, 1.165) is 39.8 Å². The SMILES string of the molecule is Cc1cc(CC(C)(c2ccc(O)c(C)c2)c2ccc(O)c(C)c2)ccc1O. The topological polar surface area (TPSA) is 60.7 Å². The van der Waals surface area contributed by atoms with Crippen molar-refractivity contribution in [2.24, 2.45) is 0 Å². The van der Waals surface area contributed by atoms with Gasteiger partial charge in [-0.05, 0) is 78.8 Å². The van der Waals surface area contributed by atoms with Crippen molar-refractivity contribution in [2.75, 3.05) is 0 Å². The molecule has 3 N–H and O–H groups in total. The highest BCUT2D eigenvalue weighted by molar-refractivity contribution is 5.49. The van der Waals surface area contributed by atoms with Crippen molar-refractivity contribution in [3.8, 4) is 17.2 Å². The van der Waals surface area contributed by atoms with E-state index >= 15 is 0 Å². The van der Waals surface area contributed by atoms with Crippen LogP contribution in [0.5, 0.6) is 17.2 Å². The van der Waals surface area contributed by atoms with Gasteiger partial charge in [0.2, 0.25) is 0 Å². The Morgan fingerprint density at radius 3 is 1.44 bits per heavy atom. The molecule has 0 unspecified atom stereocenters. The van der Waals surface area contributed by atoms with E-state index in [1.807, 2.05) is 57.2 Å². The molecule has 3 rings (SSSR count). The Kier molecular flexibility index (Phi) is 4.88. The fourth-order valence-electron chi connectivity index (χ4n) is 3.60. The average Bonchev–Trinajstić information content (AvgIpc) is 2.62. The van der Waals surface area contributed by atoms with Crippen molar-refractivity contribution < 1.29 is 15.3 Å². The quantitative estimate of drug-likeness (QED) is 0.592. The number of phenols is 3. The molecule has 0 aliphatic rings. The first-order chi connectivity index (χ1) is 12.7. The third-order valence-electron chi connectivity index (χ3n) is 5.49. The van der Waals surface area contributed by atoms with Gasteiger partial charge in [0.1, 0.15) is 17.2 Å². The van der Waals surface area contributed by atoms with Gasteiger partial charge in [0.15, 0.2) is 0 Å². The van der Waals surface area contributed by atoms with E-state index in [1.54, 1.807) is 18.2 Å². The summed E-state index contributed by atoms with van der Waals surface area (Å²) in [6, 6.07) is 17.1. The summed E-state index contributed by atoms with van der Waals surface area (Å²) in [5, 5.41) is 29.8. The van der Waals surface area contributed by atoms with Crippen molar-refractivity contribution in [3.05, 3.63) is 88.0 Å². The van der Waals surface area contributed by atoms with Crippen LogP contribution < -0.4 is 0 Å². The zero-order valence-electron chi connectivity index (χ0n) is 16.2. The molecular weight excluding hydrogens is 336 g/mol. The van der Waals surface area contributed by atoms with E-state index in [2.05, 4.69) is 6.92 Å². The number of benzene rings is 3. The second-order valence-electron chi connectivity index (χ2n) is 7.63. The largest absolute Gasteiger partial charge is 0.508 e. The van der Waals surface area contributed by atoms with Gasteiger partial charge in [-0.25, -0.2) is 0 Å². The highest BCUT2D eigenvalue weighted by atomic mass is 16.3. The maximum atomic E-state index is 9.96. The van der Waals surface area contributed by atoms with Gasteiger partial charge in [-0.15, -0.1) is 0 Å². The van der Waals surface area contributed by atoms with Crippen molar-refractivity contribution in [1.82, 2.24) is 0 Å². The fourth-order valence-corrected chi connectivity index (χ4v) is 3.60. The third kappa shape index (κ3) is 3.63. The number of aryl methyl sites for hydroxylation is 3. The lowest BCUT2D eigenvalue weighted by Crippen LogP contribution is -2.27. The highest BCUT2D eigenvalue weighted by Crippen LogP contribution is 2.39. The lowest BCUT2D eigenvalue weighted by molar-refractivity contribution is 0.467. The summed E-state index contributed by atoms with van der Waals surface area (Å²) >= 11 is 0. The number of rotatable bonds is 4. The zero-order chi connectivity index (χ0) is 19.8. The molecule has 3 nitrogen and oxygen atoms in total. The van der Waals surface area contributed by atoms with E-state index in [4.69, 9.17) is 0 Å². The molecule has 0 saturated heterocycles. The Bertz CT molecular complexity index is 937. The molecule has 0 fully saturated rings. The first-order valence-electron chi connectivity index (χ1n) is 9.09. The van der Waals surface area contributed by atoms with Gasteiger partial charge in [-0.1, -0.05) is 43.3 Å². The molecule has 0 atom stereocenters. The fraction of sp³-hybridized carbons (Fsp3) is 0.250.